The van der Waals surface area contributed by atoms with Crippen molar-refractivity contribution < 1.29 is 18.7 Å². The molecular formula is C30H34FN5O3. The van der Waals surface area contributed by atoms with E-state index in [1.807, 2.05) is 45.0 Å². The Morgan fingerprint density at radius 2 is 1.92 bits per heavy atom. The van der Waals surface area contributed by atoms with Gasteiger partial charge in [0.15, 0.2) is 17.2 Å². The zero-order valence-electron chi connectivity index (χ0n) is 23.3. The number of aromatic nitrogens is 4. The molecule has 0 N–H and O–H groups in total. The lowest BCUT2D eigenvalue weighted by Crippen LogP contribution is -2.40. The van der Waals surface area contributed by atoms with Gasteiger partial charge in [0.25, 0.3) is 0 Å². The van der Waals surface area contributed by atoms with Crippen molar-refractivity contribution in [3.63, 3.8) is 0 Å². The molecule has 1 aliphatic heterocycles. The zero-order chi connectivity index (χ0) is 27.9. The summed E-state index contributed by atoms with van der Waals surface area (Å²) in [5, 5.41) is 8.54. The van der Waals surface area contributed by atoms with E-state index in [4.69, 9.17) is 9.47 Å². The van der Waals surface area contributed by atoms with Crippen molar-refractivity contribution in [1.82, 2.24) is 19.6 Å². The van der Waals surface area contributed by atoms with Crippen molar-refractivity contribution in [2.75, 3.05) is 11.5 Å². The molecule has 0 unspecified atom stereocenters. The van der Waals surface area contributed by atoms with E-state index in [9.17, 15) is 4.79 Å². The topological polar surface area (TPSA) is 81.9 Å². The highest BCUT2D eigenvalue weighted by Crippen LogP contribution is 2.40. The van der Waals surface area contributed by atoms with Crippen LogP contribution in [0.5, 0.6) is 5.75 Å². The number of anilines is 1. The quantitative estimate of drug-likeness (QED) is 0.299. The van der Waals surface area contributed by atoms with Crippen molar-refractivity contribution in [3.8, 4) is 16.9 Å². The van der Waals surface area contributed by atoms with E-state index in [0.29, 0.717) is 42.2 Å². The SMILES string of the molecule is Cc1ncccc1-c1cc2c(n3cnnc13)N(C(=O)OC(C)(C)CC(C)(C)C)Cc1c(F)cccc1CCO2. The minimum absolute atomic E-state index is 0.0403. The Hall–Kier alpha value is -4.01. The molecule has 0 spiro atoms. The van der Waals surface area contributed by atoms with Crippen LogP contribution in [0.4, 0.5) is 15.0 Å². The van der Waals surface area contributed by atoms with Crippen molar-refractivity contribution >= 4 is 17.6 Å². The summed E-state index contributed by atoms with van der Waals surface area (Å²) < 4.78 is 29.3. The Labute approximate surface area is 227 Å². The number of halogens is 1. The van der Waals surface area contributed by atoms with Crippen LogP contribution in [0.2, 0.25) is 0 Å². The van der Waals surface area contributed by atoms with Crippen molar-refractivity contribution in [2.24, 2.45) is 5.41 Å². The summed E-state index contributed by atoms with van der Waals surface area (Å²) in [6.07, 6.45) is 3.77. The van der Waals surface area contributed by atoms with Gasteiger partial charge in [0.2, 0.25) is 0 Å². The number of pyridine rings is 2. The second kappa shape index (κ2) is 9.94. The first-order valence-electron chi connectivity index (χ1n) is 13.1. The van der Waals surface area contributed by atoms with Crippen LogP contribution >= 0.6 is 0 Å². The maximum absolute atomic E-state index is 15.2. The molecule has 0 saturated carbocycles. The van der Waals surface area contributed by atoms with Crippen molar-refractivity contribution in [2.45, 2.75) is 66.5 Å². The molecule has 5 rings (SSSR count). The predicted molar refractivity (Wildman–Crippen MR) is 147 cm³/mol. The molecule has 1 amide bonds. The molecule has 8 nitrogen and oxygen atoms in total. The lowest BCUT2D eigenvalue weighted by molar-refractivity contribution is 0.0137. The third-order valence-corrected chi connectivity index (χ3v) is 6.77. The van der Waals surface area contributed by atoms with Crippen LogP contribution in [-0.2, 0) is 17.7 Å². The summed E-state index contributed by atoms with van der Waals surface area (Å²) in [4.78, 5) is 19.9. The minimum atomic E-state index is -0.772. The fourth-order valence-corrected chi connectivity index (χ4v) is 5.56. The van der Waals surface area contributed by atoms with E-state index < -0.39 is 11.7 Å². The largest absolute Gasteiger partial charge is 0.489 e. The first-order chi connectivity index (χ1) is 18.4. The van der Waals surface area contributed by atoms with Gasteiger partial charge in [-0.25, -0.2) is 9.18 Å². The van der Waals surface area contributed by atoms with Crippen LogP contribution < -0.4 is 9.64 Å². The monoisotopic (exact) mass is 531 g/mol. The van der Waals surface area contributed by atoms with Gasteiger partial charge >= 0.3 is 6.09 Å². The molecule has 204 valence electrons. The lowest BCUT2D eigenvalue weighted by atomic mass is 9.84. The van der Waals surface area contributed by atoms with Gasteiger partial charge in [0.1, 0.15) is 17.7 Å². The Morgan fingerprint density at radius 3 is 2.67 bits per heavy atom. The highest BCUT2D eigenvalue weighted by molar-refractivity contribution is 5.92. The van der Waals surface area contributed by atoms with E-state index in [1.165, 1.54) is 17.3 Å². The van der Waals surface area contributed by atoms with E-state index in [1.54, 1.807) is 16.7 Å². The zero-order valence-corrected chi connectivity index (χ0v) is 23.3. The Bertz CT molecular complexity index is 1540. The fraction of sp³-hybridized carbons (Fsp3) is 0.400. The molecule has 0 saturated heterocycles. The molecule has 0 atom stereocenters. The van der Waals surface area contributed by atoms with Crippen LogP contribution in [0.1, 0.15) is 57.9 Å². The van der Waals surface area contributed by atoms with E-state index in [0.717, 1.165) is 22.4 Å². The highest BCUT2D eigenvalue weighted by Gasteiger charge is 2.35. The van der Waals surface area contributed by atoms with Gasteiger partial charge in [-0.05, 0) is 56.4 Å². The number of ether oxygens (including phenoxy) is 2. The van der Waals surface area contributed by atoms with Gasteiger partial charge in [-0.2, -0.15) is 0 Å². The third kappa shape index (κ3) is 5.44. The van der Waals surface area contributed by atoms with Crippen LogP contribution in [0, 0.1) is 18.2 Å². The molecule has 1 aliphatic rings. The third-order valence-electron chi connectivity index (χ3n) is 6.77. The van der Waals surface area contributed by atoms with E-state index in [-0.39, 0.29) is 17.8 Å². The van der Waals surface area contributed by atoms with Gasteiger partial charge in [-0.1, -0.05) is 39.0 Å². The highest BCUT2D eigenvalue weighted by atomic mass is 19.1. The molecule has 0 aliphatic carbocycles. The maximum atomic E-state index is 15.2. The van der Waals surface area contributed by atoms with Crippen LogP contribution in [0.25, 0.3) is 16.8 Å². The molecule has 1 aromatic carbocycles. The molecule has 0 radical (unpaired) electrons. The van der Waals surface area contributed by atoms with Crippen LogP contribution in [0.15, 0.2) is 48.9 Å². The number of hydrogen-bond acceptors (Lipinski definition) is 6. The number of carbonyl (C=O) groups is 1. The first kappa shape index (κ1) is 26.6. The number of amides is 1. The minimum Gasteiger partial charge on any atom is -0.489 e. The summed E-state index contributed by atoms with van der Waals surface area (Å²) in [5.41, 5.74) is 3.33. The fourth-order valence-electron chi connectivity index (χ4n) is 5.56. The Morgan fingerprint density at radius 1 is 1.13 bits per heavy atom. The normalized spacial score (nSPS) is 14.1. The van der Waals surface area contributed by atoms with Crippen molar-refractivity contribution in [3.05, 3.63) is 71.6 Å². The summed E-state index contributed by atoms with van der Waals surface area (Å²) in [7, 11) is 0. The summed E-state index contributed by atoms with van der Waals surface area (Å²) >= 11 is 0. The number of nitrogens with zero attached hydrogens (tertiary/aromatic N) is 5. The smallest absolute Gasteiger partial charge is 0.416 e. The number of carbonyl (C=O) groups excluding carboxylic acids is 1. The molecule has 4 heterocycles. The van der Waals surface area contributed by atoms with Crippen LogP contribution in [0.3, 0.4) is 0 Å². The molecule has 3 aromatic heterocycles. The molecule has 39 heavy (non-hydrogen) atoms. The standard InChI is InChI=1S/C30H34FN5O3/c1-19-21(10-8-13-32-19)22-15-25-27(36-18-33-34-26(22)36)35(28(37)39-30(5,6)17-29(2,3)4)16-23-20(12-14-38-25)9-7-11-24(23)31/h7-11,13,15,18H,12,14,16-17H2,1-6H3. The molecule has 9 heteroatoms. The summed E-state index contributed by atoms with van der Waals surface area (Å²) in [6.45, 7) is 12.2. The number of fused-ring (bicyclic) bond motifs is 4. The molecule has 0 fully saturated rings. The number of aryl methyl sites for hydroxylation is 1. The van der Waals surface area contributed by atoms with E-state index in [2.05, 4.69) is 36.0 Å². The average molecular weight is 532 g/mol. The molecule has 4 aromatic rings. The lowest BCUT2D eigenvalue weighted by Gasteiger charge is -2.34. The second-order valence-electron chi connectivity index (χ2n) is 11.8. The average Bonchev–Trinajstić information content (AvgIpc) is 3.33. The summed E-state index contributed by atoms with van der Waals surface area (Å²) in [5.74, 6) is 0.442. The van der Waals surface area contributed by atoms with Gasteiger partial charge in [0.05, 0.1) is 13.2 Å². The molecular weight excluding hydrogens is 497 g/mol. The number of hydrogen-bond donors (Lipinski definition) is 0. The van der Waals surface area contributed by atoms with Gasteiger partial charge in [-0.15, -0.1) is 10.2 Å². The maximum Gasteiger partial charge on any atom is 0.416 e. The second-order valence-corrected chi connectivity index (χ2v) is 11.8. The van der Waals surface area contributed by atoms with Crippen LogP contribution in [-0.4, -0.2) is 37.9 Å². The van der Waals surface area contributed by atoms with Crippen molar-refractivity contribution in [1.29, 1.82) is 0 Å². The Balaban J connectivity index is 1.70. The predicted octanol–water partition coefficient (Wildman–Crippen LogP) is 6.53. The van der Waals surface area contributed by atoms with E-state index >= 15 is 4.39 Å². The summed E-state index contributed by atoms with van der Waals surface area (Å²) in [6, 6.07) is 10.6. The number of rotatable bonds is 3. The van der Waals surface area contributed by atoms with Gasteiger partial charge in [-0.3, -0.25) is 14.3 Å². The number of benzene rings is 1. The Kier molecular flexibility index (Phi) is 6.78. The molecule has 0 bridgehead atoms. The first-order valence-corrected chi connectivity index (χ1v) is 13.1. The van der Waals surface area contributed by atoms with Gasteiger partial charge in [0, 0.05) is 35.0 Å². The van der Waals surface area contributed by atoms with Gasteiger partial charge < -0.3 is 9.47 Å².